The van der Waals surface area contributed by atoms with E-state index < -0.39 is 0 Å². The summed E-state index contributed by atoms with van der Waals surface area (Å²) in [5, 5.41) is 0. The third-order valence-electron chi connectivity index (χ3n) is 5.22. The average molecular weight is 395 g/mol. The molecule has 0 bridgehead atoms. The Labute approximate surface area is 172 Å². The minimum absolute atomic E-state index is 0.0325. The van der Waals surface area contributed by atoms with Crippen LogP contribution in [0, 0.1) is 5.92 Å². The zero-order chi connectivity index (χ0) is 20.8. The molecule has 1 atom stereocenters. The Bertz CT molecular complexity index is 936. The SMILES string of the molecule is CC(C)C(N)CCN(C)C(=O)Cn1c(COc2ccccc2)nc2ccccc21. The number of ether oxygens (including phenoxy) is 1. The van der Waals surface area contributed by atoms with Crippen molar-refractivity contribution in [2.75, 3.05) is 13.6 Å². The molecule has 1 aromatic heterocycles. The highest BCUT2D eigenvalue weighted by Gasteiger charge is 2.17. The number of fused-ring (bicyclic) bond motifs is 1. The summed E-state index contributed by atoms with van der Waals surface area (Å²) < 4.78 is 7.83. The maximum atomic E-state index is 12.9. The van der Waals surface area contributed by atoms with Crippen molar-refractivity contribution >= 4 is 16.9 Å². The molecule has 0 saturated heterocycles. The molecule has 3 rings (SSSR count). The monoisotopic (exact) mass is 394 g/mol. The van der Waals surface area contributed by atoms with E-state index in [4.69, 9.17) is 10.5 Å². The lowest BCUT2D eigenvalue weighted by atomic mass is 10.0. The van der Waals surface area contributed by atoms with Gasteiger partial charge in [0.05, 0.1) is 11.0 Å². The zero-order valence-corrected chi connectivity index (χ0v) is 17.4. The van der Waals surface area contributed by atoms with E-state index in [1.54, 1.807) is 4.90 Å². The number of carbonyl (C=O) groups excluding carboxylic acids is 1. The van der Waals surface area contributed by atoms with E-state index in [9.17, 15) is 4.79 Å². The molecule has 0 fully saturated rings. The maximum absolute atomic E-state index is 12.9. The molecule has 1 amide bonds. The van der Waals surface area contributed by atoms with Crippen molar-refractivity contribution in [3.05, 3.63) is 60.4 Å². The molecule has 6 nitrogen and oxygen atoms in total. The summed E-state index contributed by atoms with van der Waals surface area (Å²) in [5.41, 5.74) is 7.91. The predicted octanol–water partition coefficient (Wildman–Crippen LogP) is 3.45. The first-order chi connectivity index (χ1) is 14.0. The van der Waals surface area contributed by atoms with Gasteiger partial charge in [-0.2, -0.15) is 0 Å². The normalized spacial score (nSPS) is 12.3. The third kappa shape index (κ3) is 5.35. The second-order valence-electron chi connectivity index (χ2n) is 7.72. The largest absolute Gasteiger partial charge is 0.486 e. The molecule has 1 heterocycles. The van der Waals surface area contributed by atoms with Crippen LogP contribution >= 0.6 is 0 Å². The molecule has 0 aliphatic carbocycles. The number of para-hydroxylation sites is 3. The molecule has 0 saturated carbocycles. The van der Waals surface area contributed by atoms with Crippen LogP contribution in [0.15, 0.2) is 54.6 Å². The van der Waals surface area contributed by atoms with Crippen molar-refractivity contribution in [2.45, 2.75) is 39.5 Å². The van der Waals surface area contributed by atoms with Crippen LogP contribution in [-0.2, 0) is 17.9 Å². The lowest BCUT2D eigenvalue weighted by Gasteiger charge is -2.22. The fourth-order valence-corrected chi connectivity index (χ4v) is 3.13. The number of likely N-dealkylation sites (N-methyl/N-ethyl adjacent to an activating group) is 1. The Kier molecular flexibility index (Phi) is 6.88. The van der Waals surface area contributed by atoms with Gasteiger partial charge in [-0.3, -0.25) is 4.79 Å². The van der Waals surface area contributed by atoms with Crippen LogP contribution in [0.3, 0.4) is 0 Å². The Morgan fingerprint density at radius 1 is 1.14 bits per heavy atom. The topological polar surface area (TPSA) is 73.4 Å². The molecular formula is C23H30N4O2. The lowest BCUT2D eigenvalue weighted by molar-refractivity contribution is -0.130. The Balaban J connectivity index is 1.74. The summed E-state index contributed by atoms with van der Waals surface area (Å²) in [6.45, 7) is 5.36. The number of carbonyl (C=O) groups is 1. The van der Waals surface area contributed by atoms with Crippen LogP contribution in [0.1, 0.15) is 26.1 Å². The smallest absolute Gasteiger partial charge is 0.242 e. The van der Waals surface area contributed by atoms with Gasteiger partial charge in [0.2, 0.25) is 5.91 Å². The van der Waals surface area contributed by atoms with Crippen molar-refractivity contribution < 1.29 is 9.53 Å². The third-order valence-corrected chi connectivity index (χ3v) is 5.22. The lowest BCUT2D eigenvalue weighted by Crippen LogP contribution is -2.36. The highest BCUT2D eigenvalue weighted by Crippen LogP contribution is 2.19. The predicted molar refractivity (Wildman–Crippen MR) is 116 cm³/mol. The van der Waals surface area contributed by atoms with E-state index in [1.807, 2.05) is 66.2 Å². The van der Waals surface area contributed by atoms with Gasteiger partial charge < -0.3 is 19.9 Å². The first-order valence-electron chi connectivity index (χ1n) is 10.1. The number of rotatable bonds is 9. The number of hydrogen-bond donors (Lipinski definition) is 1. The van der Waals surface area contributed by atoms with Crippen molar-refractivity contribution in [1.82, 2.24) is 14.5 Å². The van der Waals surface area contributed by atoms with E-state index in [1.165, 1.54) is 0 Å². The van der Waals surface area contributed by atoms with Crippen molar-refractivity contribution in [1.29, 1.82) is 0 Å². The summed E-state index contributed by atoms with van der Waals surface area (Å²) in [6, 6.07) is 17.5. The molecule has 0 radical (unpaired) electrons. The molecule has 29 heavy (non-hydrogen) atoms. The molecule has 3 aromatic rings. The van der Waals surface area contributed by atoms with E-state index in [0.29, 0.717) is 19.1 Å². The van der Waals surface area contributed by atoms with Crippen LogP contribution in [0.4, 0.5) is 0 Å². The van der Waals surface area contributed by atoms with Crippen LogP contribution in [-0.4, -0.2) is 40.0 Å². The number of amides is 1. The molecule has 2 N–H and O–H groups in total. The summed E-state index contributed by atoms with van der Waals surface area (Å²) >= 11 is 0. The first-order valence-corrected chi connectivity index (χ1v) is 10.1. The van der Waals surface area contributed by atoms with Crippen molar-refractivity contribution in [2.24, 2.45) is 11.7 Å². The van der Waals surface area contributed by atoms with Crippen LogP contribution in [0.25, 0.3) is 11.0 Å². The zero-order valence-electron chi connectivity index (χ0n) is 17.4. The fourth-order valence-electron chi connectivity index (χ4n) is 3.13. The molecule has 1 unspecified atom stereocenters. The highest BCUT2D eigenvalue weighted by atomic mass is 16.5. The van der Waals surface area contributed by atoms with E-state index in [0.717, 1.165) is 29.0 Å². The van der Waals surface area contributed by atoms with E-state index >= 15 is 0 Å². The number of hydrogen-bond acceptors (Lipinski definition) is 4. The van der Waals surface area contributed by atoms with Crippen LogP contribution in [0.5, 0.6) is 5.75 Å². The van der Waals surface area contributed by atoms with Gasteiger partial charge in [-0.15, -0.1) is 0 Å². The van der Waals surface area contributed by atoms with Crippen molar-refractivity contribution in [3.8, 4) is 5.75 Å². The van der Waals surface area contributed by atoms with Crippen LogP contribution < -0.4 is 10.5 Å². The second-order valence-corrected chi connectivity index (χ2v) is 7.72. The number of nitrogens with zero attached hydrogens (tertiary/aromatic N) is 3. The van der Waals surface area contributed by atoms with E-state index in [-0.39, 0.29) is 18.5 Å². The molecule has 154 valence electrons. The van der Waals surface area contributed by atoms with Gasteiger partial charge >= 0.3 is 0 Å². The number of benzene rings is 2. The van der Waals surface area contributed by atoms with Gasteiger partial charge in [0, 0.05) is 19.6 Å². The summed E-state index contributed by atoms with van der Waals surface area (Å²) in [4.78, 5) is 19.3. The molecule has 0 aliphatic rings. The average Bonchev–Trinajstić information content (AvgIpc) is 3.08. The maximum Gasteiger partial charge on any atom is 0.242 e. The van der Waals surface area contributed by atoms with Gasteiger partial charge in [0.1, 0.15) is 24.7 Å². The minimum atomic E-state index is 0.0325. The van der Waals surface area contributed by atoms with Crippen LogP contribution in [0.2, 0.25) is 0 Å². The Morgan fingerprint density at radius 3 is 2.55 bits per heavy atom. The summed E-state index contributed by atoms with van der Waals surface area (Å²) in [6.07, 6.45) is 0.786. The fraction of sp³-hybridized carbons (Fsp3) is 0.391. The Hall–Kier alpha value is -2.86. The van der Waals surface area contributed by atoms with Gasteiger partial charge in [0.15, 0.2) is 0 Å². The molecule has 0 aliphatic heterocycles. The minimum Gasteiger partial charge on any atom is -0.486 e. The first kappa shape index (κ1) is 20.9. The highest BCUT2D eigenvalue weighted by molar-refractivity contribution is 5.81. The van der Waals surface area contributed by atoms with Crippen molar-refractivity contribution in [3.63, 3.8) is 0 Å². The number of nitrogens with two attached hydrogens (primary N) is 1. The van der Waals surface area contributed by atoms with Gasteiger partial charge in [-0.05, 0) is 36.6 Å². The van der Waals surface area contributed by atoms with Gasteiger partial charge in [-0.1, -0.05) is 44.2 Å². The Morgan fingerprint density at radius 2 is 1.83 bits per heavy atom. The summed E-state index contributed by atoms with van der Waals surface area (Å²) in [7, 11) is 1.83. The second kappa shape index (κ2) is 9.56. The molecule has 2 aromatic carbocycles. The summed E-state index contributed by atoms with van der Waals surface area (Å²) in [5.74, 6) is 1.94. The standard InChI is InChI=1S/C23H30N4O2/c1-17(2)19(24)13-14-26(3)23(28)15-27-21-12-8-7-11-20(21)25-22(27)16-29-18-9-5-4-6-10-18/h4-12,17,19H,13-16,24H2,1-3H3. The molecule has 0 spiro atoms. The quantitative estimate of drug-likeness (QED) is 0.603. The molecular weight excluding hydrogens is 364 g/mol. The number of imidazole rings is 1. The van der Waals surface area contributed by atoms with Gasteiger partial charge in [-0.25, -0.2) is 4.98 Å². The van der Waals surface area contributed by atoms with Gasteiger partial charge in [0.25, 0.3) is 0 Å². The number of aromatic nitrogens is 2. The van der Waals surface area contributed by atoms with E-state index in [2.05, 4.69) is 18.8 Å². The molecule has 6 heteroatoms.